The highest BCUT2D eigenvalue weighted by atomic mass is 35.5. The Morgan fingerprint density at radius 3 is 2.51 bits per heavy atom. The number of fused-ring (bicyclic) bond motifs is 2. The number of alkyl carbamates (subject to hydrolysis) is 1. The Hall–Kier alpha value is -4.45. The molecule has 4 N–H and O–H groups in total. The molecule has 2 aliphatic heterocycles. The second kappa shape index (κ2) is 18.2. The number of amides is 3. The van der Waals surface area contributed by atoms with Crippen molar-refractivity contribution in [1.29, 1.82) is 0 Å². The Morgan fingerprint density at radius 1 is 1.06 bits per heavy atom. The zero-order valence-electron chi connectivity index (χ0n) is 37.1. The number of rotatable bonds is 15. The average molecular weight is 911 g/mol. The van der Waals surface area contributed by atoms with Crippen LogP contribution >= 0.6 is 22.9 Å². The summed E-state index contributed by atoms with van der Waals surface area (Å²) < 4.78 is 29.6. The highest BCUT2D eigenvalue weighted by molar-refractivity contribution is 7.14. The summed E-state index contributed by atoms with van der Waals surface area (Å²) in [6, 6.07) is 3.46. The van der Waals surface area contributed by atoms with E-state index in [9.17, 15) is 19.2 Å². The van der Waals surface area contributed by atoms with Gasteiger partial charge < -0.3 is 49.9 Å². The number of hydrogen-bond acceptors (Lipinski definition) is 14. The van der Waals surface area contributed by atoms with Crippen molar-refractivity contribution in [3.63, 3.8) is 0 Å². The molecule has 342 valence electrons. The summed E-state index contributed by atoms with van der Waals surface area (Å²) in [6.45, 7) is 13.8. The lowest BCUT2D eigenvalue weighted by Crippen LogP contribution is -2.59. The summed E-state index contributed by atoms with van der Waals surface area (Å²) in [4.78, 5) is 67.1. The Morgan fingerprint density at radius 2 is 1.84 bits per heavy atom. The molecule has 2 saturated heterocycles. The SMILES string of the molecule is CC[C@@H]1C[C@]1(NC(=O)[C@@H]1C[C@@H](Oc2cc(-c3csc(NC(C)C)n3)nc3c(Cl)c(OC[C@H]4COCCN4)ccc23)CN1C(=O)[C@@H](NC(=O)O[C@@H]1C[C@@H]2C[C@@H]2C1)C(C)(C)C)C(=O)OC. The van der Waals surface area contributed by atoms with Crippen LogP contribution in [0.25, 0.3) is 22.3 Å². The third-order valence-electron chi connectivity index (χ3n) is 12.9. The van der Waals surface area contributed by atoms with Crippen LogP contribution in [0.3, 0.4) is 0 Å². The van der Waals surface area contributed by atoms with Gasteiger partial charge in [0.1, 0.15) is 58.7 Å². The number of aromatic nitrogens is 2. The van der Waals surface area contributed by atoms with Gasteiger partial charge in [0.15, 0.2) is 5.13 Å². The molecule has 0 spiro atoms. The number of benzene rings is 1. The molecule has 16 nitrogen and oxygen atoms in total. The van der Waals surface area contributed by atoms with E-state index in [4.69, 9.17) is 45.3 Å². The molecule has 18 heteroatoms. The first kappa shape index (κ1) is 45.1. The van der Waals surface area contributed by atoms with Gasteiger partial charge in [0, 0.05) is 35.8 Å². The summed E-state index contributed by atoms with van der Waals surface area (Å²) >= 11 is 8.56. The van der Waals surface area contributed by atoms with Gasteiger partial charge in [0.25, 0.3) is 0 Å². The van der Waals surface area contributed by atoms with Crippen LogP contribution in [0.15, 0.2) is 23.6 Å². The molecule has 3 saturated carbocycles. The molecule has 3 amide bonds. The number of halogens is 1. The average Bonchev–Trinajstić information content (AvgIpc) is 3.91. The minimum Gasteiger partial charge on any atom is -0.490 e. The molecular formula is C45H60ClN7O9S. The molecule has 0 bridgehead atoms. The minimum absolute atomic E-state index is 0.00165. The van der Waals surface area contributed by atoms with Gasteiger partial charge in [-0.3, -0.25) is 9.59 Å². The molecular weight excluding hydrogens is 850 g/mol. The molecule has 2 aromatic heterocycles. The topological polar surface area (TPSA) is 192 Å². The van der Waals surface area contributed by atoms with Crippen LogP contribution in [0, 0.1) is 23.2 Å². The van der Waals surface area contributed by atoms with E-state index >= 15 is 0 Å². The number of ether oxygens (including phenoxy) is 5. The van der Waals surface area contributed by atoms with Gasteiger partial charge in [0.2, 0.25) is 11.8 Å². The fraction of sp³-hybridized carbons (Fsp3) is 0.644. The van der Waals surface area contributed by atoms with E-state index in [0.29, 0.717) is 78.3 Å². The number of nitrogens with one attached hydrogen (secondary N) is 4. The Balaban J connectivity index is 1.11. The first-order valence-corrected chi connectivity index (χ1v) is 23.5. The van der Waals surface area contributed by atoms with Crippen molar-refractivity contribution >= 4 is 62.8 Å². The van der Waals surface area contributed by atoms with E-state index in [1.807, 2.05) is 53.0 Å². The van der Waals surface area contributed by atoms with E-state index in [1.165, 1.54) is 29.8 Å². The highest BCUT2D eigenvalue weighted by Gasteiger charge is 2.62. The lowest BCUT2D eigenvalue weighted by molar-refractivity contribution is -0.148. The third-order valence-corrected chi connectivity index (χ3v) is 14.1. The first-order chi connectivity index (χ1) is 30.1. The van der Waals surface area contributed by atoms with Crippen LogP contribution in [0.5, 0.6) is 11.5 Å². The Labute approximate surface area is 377 Å². The maximum absolute atomic E-state index is 14.9. The lowest BCUT2D eigenvalue weighted by atomic mass is 9.85. The largest absolute Gasteiger partial charge is 0.490 e. The summed E-state index contributed by atoms with van der Waals surface area (Å²) in [7, 11) is 1.30. The monoisotopic (exact) mass is 909 g/mol. The van der Waals surface area contributed by atoms with Crippen LogP contribution in [0.4, 0.5) is 9.93 Å². The Kier molecular flexibility index (Phi) is 13.0. The number of nitrogens with zero attached hydrogens (tertiary/aromatic N) is 3. The van der Waals surface area contributed by atoms with E-state index in [0.717, 1.165) is 24.5 Å². The van der Waals surface area contributed by atoms with Gasteiger partial charge in [0.05, 0.1) is 44.1 Å². The van der Waals surface area contributed by atoms with Crippen LogP contribution < -0.4 is 30.7 Å². The second-order valence-corrected chi connectivity index (χ2v) is 20.3. The number of esters is 1. The van der Waals surface area contributed by atoms with Crippen molar-refractivity contribution in [2.45, 2.75) is 122 Å². The second-order valence-electron chi connectivity index (χ2n) is 19.1. The quantitative estimate of drug-likeness (QED) is 0.131. The van der Waals surface area contributed by atoms with E-state index in [-0.39, 0.29) is 42.1 Å². The summed E-state index contributed by atoms with van der Waals surface area (Å²) in [5, 5.41) is 16.1. The summed E-state index contributed by atoms with van der Waals surface area (Å²) in [5.41, 5.74) is -0.429. The predicted octanol–water partition coefficient (Wildman–Crippen LogP) is 5.94. The van der Waals surface area contributed by atoms with E-state index < -0.39 is 53.0 Å². The maximum atomic E-state index is 14.9. The molecule has 3 aromatic rings. The van der Waals surface area contributed by atoms with Crippen LogP contribution in [-0.4, -0.2) is 121 Å². The van der Waals surface area contributed by atoms with Gasteiger partial charge in [-0.2, -0.15) is 0 Å². The molecule has 63 heavy (non-hydrogen) atoms. The number of hydrogen-bond donors (Lipinski definition) is 4. The molecule has 9 atom stereocenters. The predicted molar refractivity (Wildman–Crippen MR) is 238 cm³/mol. The Bertz CT molecular complexity index is 2200. The van der Waals surface area contributed by atoms with Crippen molar-refractivity contribution in [2.24, 2.45) is 23.2 Å². The third kappa shape index (κ3) is 9.81. The standard InChI is InChI=1S/C45H60ClN7O9S/c1-8-26-18-45(26,41(56)58-7)52-39(54)33-16-29(19-53(33)40(55)38(44(4,5)6)51-43(57)62-28-14-24-13-25(24)15-28)61-35-17-31(32-22-63-42(50-32)48-23(2)3)49-37-30(35)9-10-34(36(37)46)60-21-27-20-59-12-11-47-27/h9-10,17,22-29,33,38,47H,8,11-16,18-21H2,1-7H3,(H,48,50)(H,51,57)(H,52,54)/t24-,25+,26-,27-,28+,29-,33+,38-,45-/m1/s1. The van der Waals surface area contributed by atoms with Crippen LogP contribution in [0.1, 0.15) is 80.1 Å². The molecule has 5 fully saturated rings. The number of thiazole rings is 1. The van der Waals surface area contributed by atoms with Gasteiger partial charge in [-0.1, -0.05) is 45.7 Å². The van der Waals surface area contributed by atoms with Crippen molar-refractivity contribution in [3.05, 3.63) is 28.6 Å². The fourth-order valence-corrected chi connectivity index (χ4v) is 10.5. The van der Waals surface area contributed by atoms with Gasteiger partial charge in [-0.25, -0.2) is 19.6 Å². The van der Waals surface area contributed by atoms with Crippen LogP contribution in [-0.2, 0) is 28.6 Å². The summed E-state index contributed by atoms with van der Waals surface area (Å²) in [6.07, 6.45) is 2.45. The molecule has 4 heterocycles. The summed E-state index contributed by atoms with van der Waals surface area (Å²) in [5.74, 6) is 0.459. The van der Waals surface area contributed by atoms with Gasteiger partial charge in [-0.15, -0.1) is 11.3 Å². The van der Waals surface area contributed by atoms with Crippen molar-refractivity contribution in [3.8, 4) is 22.9 Å². The molecule has 3 aliphatic carbocycles. The lowest BCUT2D eigenvalue weighted by Gasteiger charge is -2.35. The molecule has 0 unspecified atom stereocenters. The molecule has 1 aromatic carbocycles. The number of carbonyl (C=O) groups excluding carboxylic acids is 4. The maximum Gasteiger partial charge on any atom is 0.408 e. The number of likely N-dealkylation sites (tertiary alicyclic amines) is 1. The number of morpholine rings is 1. The minimum atomic E-state index is -1.19. The number of methoxy groups -OCH3 is 1. The number of pyridine rings is 1. The van der Waals surface area contributed by atoms with E-state index in [2.05, 4.69) is 21.3 Å². The fourth-order valence-electron chi connectivity index (χ4n) is 9.36. The van der Waals surface area contributed by atoms with E-state index in [1.54, 1.807) is 12.1 Å². The van der Waals surface area contributed by atoms with Crippen molar-refractivity contribution < 1.29 is 42.9 Å². The highest BCUT2D eigenvalue weighted by Crippen LogP contribution is 2.52. The zero-order chi connectivity index (χ0) is 44.8. The number of carbonyl (C=O) groups is 4. The van der Waals surface area contributed by atoms with Crippen molar-refractivity contribution in [1.82, 2.24) is 30.8 Å². The number of anilines is 1. The molecule has 0 radical (unpaired) electrons. The van der Waals surface area contributed by atoms with Gasteiger partial charge >= 0.3 is 12.1 Å². The zero-order valence-corrected chi connectivity index (χ0v) is 38.7. The first-order valence-electron chi connectivity index (χ1n) is 22.2. The molecule has 8 rings (SSSR count). The molecule has 5 aliphatic rings. The van der Waals surface area contributed by atoms with Gasteiger partial charge in [-0.05, 0) is 74.8 Å². The normalized spacial score (nSPS) is 28.0. The smallest absolute Gasteiger partial charge is 0.408 e. The van der Waals surface area contributed by atoms with Crippen molar-refractivity contribution in [2.75, 3.05) is 45.3 Å². The van der Waals surface area contributed by atoms with Crippen LogP contribution in [0.2, 0.25) is 5.02 Å².